The Bertz CT molecular complexity index is 607. The molecule has 0 bridgehead atoms. The normalized spacial score (nSPS) is 13.7. The minimum absolute atomic E-state index is 0.136. The summed E-state index contributed by atoms with van der Waals surface area (Å²) in [5.74, 6) is -0.175. The summed E-state index contributed by atoms with van der Waals surface area (Å²) in [6.45, 7) is 3.73. The van der Waals surface area contributed by atoms with Crippen molar-refractivity contribution in [1.82, 2.24) is 15.1 Å². The molecule has 2 rings (SSSR count). The molecule has 0 aliphatic carbocycles. The number of rotatable bonds is 5. The van der Waals surface area contributed by atoms with Gasteiger partial charge in [-0.15, -0.1) is 0 Å². The Labute approximate surface area is 124 Å². The molecule has 1 aromatic carbocycles. The predicted molar refractivity (Wildman–Crippen MR) is 80.9 cm³/mol. The fraction of sp³-hybridized carbons (Fsp3) is 0.375. The highest BCUT2D eigenvalue weighted by Gasteiger charge is 2.17. The molecule has 112 valence electrons. The zero-order chi connectivity index (χ0) is 15.4. The van der Waals surface area contributed by atoms with Gasteiger partial charge in [0.15, 0.2) is 0 Å². The van der Waals surface area contributed by atoms with E-state index in [1.165, 1.54) is 0 Å². The second kappa shape index (κ2) is 6.54. The number of amides is 1. The SMILES string of the molecule is Cc1cc(C(=O)N[C@H](C)C[C@H](O)c2ccccc2)n(C)n1. The second-order valence-electron chi connectivity index (χ2n) is 5.33. The lowest BCUT2D eigenvalue weighted by Gasteiger charge is -2.18. The van der Waals surface area contributed by atoms with E-state index >= 15 is 0 Å². The number of aliphatic hydroxyl groups is 1. The van der Waals surface area contributed by atoms with Crippen LogP contribution in [0, 0.1) is 6.92 Å². The van der Waals surface area contributed by atoms with Crippen LogP contribution < -0.4 is 5.32 Å². The third-order valence-corrected chi connectivity index (χ3v) is 3.37. The first-order valence-electron chi connectivity index (χ1n) is 7.02. The Hall–Kier alpha value is -2.14. The van der Waals surface area contributed by atoms with Gasteiger partial charge in [-0.1, -0.05) is 30.3 Å². The summed E-state index contributed by atoms with van der Waals surface area (Å²) in [6.07, 6.45) is -0.123. The van der Waals surface area contributed by atoms with E-state index in [2.05, 4.69) is 10.4 Å². The van der Waals surface area contributed by atoms with E-state index in [1.54, 1.807) is 17.8 Å². The van der Waals surface area contributed by atoms with Crippen molar-refractivity contribution in [3.63, 3.8) is 0 Å². The monoisotopic (exact) mass is 287 g/mol. The van der Waals surface area contributed by atoms with Gasteiger partial charge in [-0.25, -0.2) is 0 Å². The van der Waals surface area contributed by atoms with Crippen LogP contribution in [0.4, 0.5) is 0 Å². The van der Waals surface area contributed by atoms with Gasteiger partial charge in [-0.05, 0) is 31.9 Å². The molecule has 1 amide bonds. The van der Waals surface area contributed by atoms with Crippen LogP contribution in [0.1, 0.15) is 41.2 Å². The summed E-state index contributed by atoms with van der Waals surface area (Å²) in [6, 6.07) is 11.1. The fourth-order valence-electron chi connectivity index (χ4n) is 2.33. The molecule has 0 fully saturated rings. The molecule has 2 N–H and O–H groups in total. The Kier molecular flexibility index (Phi) is 4.75. The molecule has 2 atom stereocenters. The summed E-state index contributed by atoms with van der Waals surface area (Å²) in [5, 5.41) is 17.2. The van der Waals surface area contributed by atoms with Gasteiger partial charge in [0.25, 0.3) is 5.91 Å². The summed E-state index contributed by atoms with van der Waals surface area (Å²) >= 11 is 0. The zero-order valence-corrected chi connectivity index (χ0v) is 12.6. The maximum absolute atomic E-state index is 12.2. The minimum Gasteiger partial charge on any atom is -0.388 e. The number of aryl methyl sites for hydroxylation is 2. The lowest BCUT2D eigenvalue weighted by Crippen LogP contribution is -2.34. The Morgan fingerprint density at radius 1 is 1.38 bits per heavy atom. The Morgan fingerprint density at radius 2 is 2.05 bits per heavy atom. The van der Waals surface area contributed by atoms with Crippen molar-refractivity contribution in [3.05, 3.63) is 53.3 Å². The van der Waals surface area contributed by atoms with E-state index < -0.39 is 6.10 Å². The van der Waals surface area contributed by atoms with E-state index in [1.807, 2.05) is 44.2 Å². The van der Waals surface area contributed by atoms with Gasteiger partial charge < -0.3 is 10.4 Å². The van der Waals surface area contributed by atoms with Crippen molar-refractivity contribution < 1.29 is 9.90 Å². The molecular weight excluding hydrogens is 266 g/mol. The number of aromatic nitrogens is 2. The van der Waals surface area contributed by atoms with Crippen molar-refractivity contribution in [2.75, 3.05) is 0 Å². The van der Waals surface area contributed by atoms with Gasteiger partial charge in [0.2, 0.25) is 0 Å². The van der Waals surface area contributed by atoms with Crippen LogP contribution in [0.3, 0.4) is 0 Å². The fourth-order valence-corrected chi connectivity index (χ4v) is 2.33. The largest absolute Gasteiger partial charge is 0.388 e. The predicted octanol–water partition coefficient (Wildman–Crippen LogP) is 1.97. The van der Waals surface area contributed by atoms with Crippen LogP contribution in [-0.2, 0) is 7.05 Å². The molecule has 0 unspecified atom stereocenters. The molecule has 0 aliphatic rings. The minimum atomic E-state index is -0.588. The van der Waals surface area contributed by atoms with Crippen LogP contribution in [-0.4, -0.2) is 26.8 Å². The number of carbonyl (C=O) groups is 1. The number of nitrogens with one attached hydrogen (secondary N) is 1. The average Bonchev–Trinajstić information content (AvgIpc) is 2.78. The van der Waals surface area contributed by atoms with E-state index in [4.69, 9.17) is 0 Å². The molecule has 1 heterocycles. The highest BCUT2D eigenvalue weighted by atomic mass is 16.3. The number of hydrogen-bond acceptors (Lipinski definition) is 3. The molecule has 0 saturated heterocycles. The van der Waals surface area contributed by atoms with E-state index in [-0.39, 0.29) is 11.9 Å². The Balaban J connectivity index is 1.94. The standard InChI is InChI=1S/C16H21N3O2/c1-11(10-15(20)13-7-5-4-6-8-13)17-16(21)14-9-12(2)18-19(14)3/h4-9,11,15,20H,10H2,1-3H3,(H,17,21)/t11-,15+/m1/s1. The number of hydrogen-bond donors (Lipinski definition) is 2. The maximum atomic E-state index is 12.2. The van der Waals surface area contributed by atoms with E-state index in [9.17, 15) is 9.90 Å². The second-order valence-corrected chi connectivity index (χ2v) is 5.33. The summed E-state index contributed by atoms with van der Waals surface area (Å²) in [4.78, 5) is 12.2. The summed E-state index contributed by atoms with van der Waals surface area (Å²) in [5.41, 5.74) is 2.18. The van der Waals surface area contributed by atoms with Gasteiger partial charge in [0.1, 0.15) is 5.69 Å². The van der Waals surface area contributed by atoms with Gasteiger partial charge in [-0.3, -0.25) is 9.48 Å². The molecule has 0 saturated carbocycles. The number of carbonyl (C=O) groups excluding carboxylic acids is 1. The molecule has 0 spiro atoms. The molecule has 5 heteroatoms. The van der Waals surface area contributed by atoms with Crippen molar-refractivity contribution in [1.29, 1.82) is 0 Å². The van der Waals surface area contributed by atoms with Gasteiger partial charge in [0, 0.05) is 13.1 Å². The van der Waals surface area contributed by atoms with Crippen LogP contribution in [0.5, 0.6) is 0 Å². The molecular formula is C16H21N3O2. The zero-order valence-electron chi connectivity index (χ0n) is 12.6. The van der Waals surface area contributed by atoms with Crippen molar-refractivity contribution in [3.8, 4) is 0 Å². The van der Waals surface area contributed by atoms with Crippen molar-refractivity contribution in [2.45, 2.75) is 32.4 Å². The maximum Gasteiger partial charge on any atom is 0.269 e. The third-order valence-electron chi connectivity index (χ3n) is 3.37. The van der Waals surface area contributed by atoms with Crippen molar-refractivity contribution >= 4 is 5.91 Å². The smallest absolute Gasteiger partial charge is 0.269 e. The highest BCUT2D eigenvalue weighted by Crippen LogP contribution is 2.17. The molecule has 0 radical (unpaired) electrons. The van der Waals surface area contributed by atoms with Gasteiger partial charge in [0.05, 0.1) is 11.8 Å². The molecule has 1 aromatic heterocycles. The lowest BCUT2D eigenvalue weighted by molar-refractivity contribution is 0.0907. The van der Waals surface area contributed by atoms with Crippen LogP contribution in [0.15, 0.2) is 36.4 Å². The van der Waals surface area contributed by atoms with Gasteiger partial charge >= 0.3 is 0 Å². The highest BCUT2D eigenvalue weighted by molar-refractivity contribution is 5.92. The van der Waals surface area contributed by atoms with Crippen LogP contribution in [0.2, 0.25) is 0 Å². The third kappa shape index (κ3) is 3.92. The number of aliphatic hydroxyl groups excluding tert-OH is 1. The van der Waals surface area contributed by atoms with E-state index in [0.717, 1.165) is 11.3 Å². The van der Waals surface area contributed by atoms with Crippen LogP contribution in [0.25, 0.3) is 0 Å². The number of benzene rings is 1. The Morgan fingerprint density at radius 3 is 2.62 bits per heavy atom. The molecule has 5 nitrogen and oxygen atoms in total. The van der Waals surface area contributed by atoms with Crippen LogP contribution >= 0.6 is 0 Å². The van der Waals surface area contributed by atoms with Crippen molar-refractivity contribution in [2.24, 2.45) is 7.05 Å². The molecule has 0 aliphatic heterocycles. The quantitative estimate of drug-likeness (QED) is 0.883. The topological polar surface area (TPSA) is 67.2 Å². The number of nitrogens with zero attached hydrogens (tertiary/aromatic N) is 2. The average molecular weight is 287 g/mol. The van der Waals surface area contributed by atoms with Gasteiger partial charge in [-0.2, -0.15) is 5.10 Å². The lowest BCUT2D eigenvalue weighted by atomic mass is 10.0. The van der Waals surface area contributed by atoms with E-state index in [0.29, 0.717) is 12.1 Å². The molecule has 21 heavy (non-hydrogen) atoms. The molecule has 2 aromatic rings. The summed E-state index contributed by atoms with van der Waals surface area (Å²) in [7, 11) is 1.74. The first-order valence-corrected chi connectivity index (χ1v) is 7.02. The summed E-state index contributed by atoms with van der Waals surface area (Å²) < 4.78 is 1.56. The first-order chi connectivity index (χ1) is 9.97. The first kappa shape index (κ1) is 15.3.